The van der Waals surface area contributed by atoms with E-state index in [2.05, 4.69) is 20.4 Å². The standard InChI is InChI=1S/C21H23N7O6S3/c1-13-5-6-14(11-18(13)37(22,33)34)24-21-23-10-9-19(25-21)27(2)15-7-8-16-17(12-15)26-28(36(4,31)32)20(16)35(3,29)30/h5-12H,1-4H3,(H2,22,33,34)(H,23,24,25). The number of aryl methyl sites for hydroxylation is 1. The molecule has 16 heteroatoms. The van der Waals surface area contributed by atoms with Gasteiger partial charge in [-0.15, -0.1) is 4.09 Å². The maximum Gasteiger partial charge on any atom is 0.252 e. The Labute approximate surface area is 214 Å². The lowest BCUT2D eigenvalue weighted by molar-refractivity contribution is 0.570. The molecule has 3 N–H and O–H groups in total. The summed E-state index contributed by atoms with van der Waals surface area (Å²) in [5, 5.41) is 12.0. The molecule has 2 heterocycles. The van der Waals surface area contributed by atoms with Crippen LogP contribution in [0.25, 0.3) is 10.9 Å². The SMILES string of the molecule is Cc1ccc(Nc2nccc(N(C)c3ccc4c(S(C)(=O)=O)n(S(C)(=O)=O)nc4c3)n2)cc1S(N)(=O)=O. The van der Waals surface area contributed by atoms with E-state index >= 15 is 0 Å². The molecule has 13 nitrogen and oxygen atoms in total. The van der Waals surface area contributed by atoms with E-state index in [1.807, 2.05) is 0 Å². The molecular formula is C21H23N7O6S3. The number of rotatable bonds is 7. The fraction of sp³-hybridized carbons (Fsp3) is 0.190. The molecule has 0 saturated heterocycles. The van der Waals surface area contributed by atoms with E-state index in [0.29, 0.717) is 26.8 Å². The zero-order chi connectivity index (χ0) is 27.3. The van der Waals surface area contributed by atoms with Crippen LogP contribution in [0.2, 0.25) is 0 Å². The van der Waals surface area contributed by atoms with Crippen LogP contribution in [0.1, 0.15) is 5.56 Å². The van der Waals surface area contributed by atoms with Crippen molar-refractivity contribution in [3.8, 4) is 0 Å². The van der Waals surface area contributed by atoms with Gasteiger partial charge in [0.2, 0.25) is 16.0 Å². The normalized spacial score (nSPS) is 12.6. The molecule has 0 unspecified atom stereocenters. The molecule has 0 aliphatic carbocycles. The first-order valence-electron chi connectivity index (χ1n) is 10.5. The van der Waals surface area contributed by atoms with Gasteiger partial charge in [-0.05, 0) is 48.9 Å². The molecular weight excluding hydrogens is 542 g/mol. The molecule has 2 aromatic carbocycles. The number of sulfone groups is 1. The lowest BCUT2D eigenvalue weighted by Gasteiger charge is -2.19. The number of hydrogen-bond donors (Lipinski definition) is 2. The Morgan fingerprint density at radius 3 is 2.30 bits per heavy atom. The number of nitrogens with zero attached hydrogens (tertiary/aromatic N) is 5. The van der Waals surface area contributed by atoms with E-state index in [9.17, 15) is 25.3 Å². The van der Waals surface area contributed by atoms with Crippen LogP contribution >= 0.6 is 0 Å². The van der Waals surface area contributed by atoms with Crippen molar-refractivity contribution in [2.75, 3.05) is 29.8 Å². The summed E-state index contributed by atoms with van der Waals surface area (Å²) in [6.07, 6.45) is 3.28. The summed E-state index contributed by atoms with van der Waals surface area (Å²) in [7, 11) is -10.1. The van der Waals surface area contributed by atoms with Gasteiger partial charge in [-0.25, -0.2) is 35.4 Å². The van der Waals surface area contributed by atoms with E-state index in [1.165, 1.54) is 18.3 Å². The number of benzene rings is 2. The highest BCUT2D eigenvalue weighted by Crippen LogP contribution is 2.30. The molecule has 4 rings (SSSR count). The Hall–Kier alpha value is -3.60. The molecule has 0 aliphatic rings. The Morgan fingerprint density at radius 1 is 0.973 bits per heavy atom. The molecule has 37 heavy (non-hydrogen) atoms. The fourth-order valence-corrected chi connectivity index (χ4v) is 6.80. The van der Waals surface area contributed by atoms with Crippen molar-refractivity contribution in [2.45, 2.75) is 16.8 Å². The van der Waals surface area contributed by atoms with Crippen LogP contribution in [0.15, 0.2) is 58.6 Å². The van der Waals surface area contributed by atoms with E-state index in [-0.39, 0.29) is 21.7 Å². The lowest BCUT2D eigenvalue weighted by Crippen LogP contribution is -2.17. The predicted molar refractivity (Wildman–Crippen MR) is 139 cm³/mol. The highest BCUT2D eigenvalue weighted by atomic mass is 32.2. The second-order valence-electron chi connectivity index (χ2n) is 8.33. The van der Waals surface area contributed by atoms with Crippen molar-refractivity contribution in [3.05, 3.63) is 54.2 Å². The van der Waals surface area contributed by atoms with E-state index in [1.54, 1.807) is 49.2 Å². The molecule has 0 bridgehead atoms. The minimum Gasteiger partial charge on any atom is -0.329 e. The van der Waals surface area contributed by atoms with E-state index in [0.717, 1.165) is 12.5 Å². The Morgan fingerprint density at radius 2 is 1.68 bits per heavy atom. The average molecular weight is 566 g/mol. The zero-order valence-corrected chi connectivity index (χ0v) is 22.6. The molecule has 0 amide bonds. The fourth-order valence-electron chi connectivity index (χ4n) is 3.65. The van der Waals surface area contributed by atoms with Gasteiger partial charge in [-0.3, -0.25) is 0 Å². The summed E-state index contributed by atoms with van der Waals surface area (Å²) in [5.41, 5.74) is 1.62. The first-order valence-corrected chi connectivity index (χ1v) is 15.7. The minimum atomic E-state index is -3.98. The molecule has 0 atom stereocenters. The van der Waals surface area contributed by atoms with Crippen LogP contribution in [0, 0.1) is 6.92 Å². The highest BCUT2D eigenvalue weighted by molar-refractivity contribution is 7.93. The number of sulfonamides is 1. The number of hydrogen-bond acceptors (Lipinski definition) is 11. The highest BCUT2D eigenvalue weighted by Gasteiger charge is 2.26. The molecule has 4 aromatic rings. The summed E-state index contributed by atoms with van der Waals surface area (Å²) in [5.74, 6) is 0.608. The third-order valence-electron chi connectivity index (χ3n) is 5.37. The molecule has 0 saturated carbocycles. The molecule has 0 radical (unpaired) electrons. The summed E-state index contributed by atoms with van der Waals surface area (Å²) < 4.78 is 73.1. The van der Waals surface area contributed by atoms with Gasteiger partial charge < -0.3 is 10.2 Å². The van der Waals surface area contributed by atoms with Crippen molar-refractivity contribution in [2.24, 2.45) is 5.14 Å². The summed E-state index contributed by atoms with van der Waals surface area (Å²) in [4.78, 5) is 10.2. The second-order valence-corrected chi connectivity index (χ2v) is 13.6. The van der Waals surface area contributed by atoms with Crippen LogP contribution in [-0.4, -0.2) is 64.0 Å². The van der Waals surface area contributed by atoms with Crippen molar-refractivity contribution in [3.63, 3.8) is 0 Å². The maximum absolute atomic E-state index is 12.3. The molecule has 0 fully saturated rings. The average Bonchev–Trinajstić information content (AvgIpc) is 3.19. The molecule has 0 aliphatic heterocycles. The van der Waals surface area contributed by atoms with Gasteiger partial charge in [0, 0.05) is 36.3 Å². The van der Waals surface area contributed by atoms with Gasteiger partial charge in [0.05, 0.1) is 16.7 Å². The third-order valence-corrected chi connectivity index (χ3v) is 8.53. The van der Waals surface area contributed by atoms with Crippen LogP contribution in [0.3, 0.4) is 0 Å². The first kappa shape index (κ1) is 26.5. The van der Waals surface area contributed by atoms with E-state index < -0.39 is 34.9 Å². The first-order chi connectivity index (χ1) is 17.1. The zero-order valence-electron chi connectivity index (χ0n) is 20.1. The third kappa shape index (κ3) is 5.41. The summed E-state index contributed by atoms with van der Waals surface area (Å²) in [6.45, 7) is 1.63. The van der Waals surface area contributed by atoms with Gasteiger partial charge in [0.15, 0.2) is 14.9 Å². The van der Waals surface area contributed by atoms with Gasteiger partial charge in [0.25, 0.3) is 10.0 Å². The maximum atomic E-state index is 12.3. The van der Waals surface area contributed by atoms with Crippen LogP contribution in [-0.2, 0) is 29.9 Å². The number of anilines is 4. The largest absolute Gasteiger partial charge is 0.329 e. The minimum absolute atomic E-state index is 0.0268. The van der Waals surface area contributed by atoms with Gasteiger partial charge >= 0.3 is 0 Å². The van der Waals surface area contributed by atoms with Crippen LogP contribution in [0.5, 0.6) is 0 Å². The number of primary sulfonamides is 1. The van der Waals surface area contributed by atoms with Crippen molar-refractivity contribution in [1.29, 1.82) is 0 Å². The lowest BCUT2D eigenvalue weighted by atomic mass is 10.2. The van der Waals surface area contributed by atoms with Crippen LogP contribution in [0.4, 0.5) is 23.1 Å². The van der Waals surface area contributed by atoms with E-state index in [4.69, 9.17) is 5.14 Å². The number of nitrogens with two attached hydrogens (primary N) is 1. The van der Waals surface area contributed by atoms with Crippen molar-refractivity contribution >= 4 is 63.9 Å². The Bertz CT molecular complexity index is 1870. The second kappa shape index (κ2) is 9.05. The molecule has 0 spiro atoms. The monoisotopic (exact) mass is 565 g/mol. The topological polar surface area (TPSA) is 187 Å². The van der Waals surface area contributed by atoms with Crippen LogP contribution < -0.4 is 15.4 Å². The number of aromatic nitrogens is 4. The number of fused-ring (bicyclic) bond motifs is 1. The number of nitrogens with one attached hydrogen (secondary N) is 1. The Kier molecular flexibility index (Phi) is 6.48. The van der Waals surface area contributed by atoms with Gasteiger partial charge in [-0.1, -0.05) is 6.07 Å². The Balaban J connectivity index is 1.70. The smallest absolute Gasteiger partial charge is 0.252 e. The van der Waals surface area contributed by atoms with Crippen molar-refractivity contribution < 1.29 is 25.3 Å². The quantitative estimate of drug-likeness (QED) is 0.330. The van der Waals surface area contributed by atoms with Gasteiger partial charge in [0.1, 0.15) is 5.82 Å². The summed E-state index contributed by atoms with van der Waals surface area (Å²) >= 11 is 0. The summed E-state index contributed by atoms with van der Waals surface area (Å²) in [6, 6.07) is 10.9. The molecule has 2 aromatic heterocycles. The van der Waals surface area contributed by atoms with Crippen molar-refractivity contribution in [1.82, 2.24) is 19.2 Å². The predicted octanol–water partition coefficient (Wildman–Crippen LogP) is 1.50. The van der Waals surface area contributed by atoms with Gasteiger partial charge in [-0.2, -0.15) is 10.1 Å². The molecule has 196 valence electrons.